The van der Waals surface area contributed by atoms with E-state index in [-0.39, 0.29) is 10.6 Å². The van der Waals surface area contributed by atoms with Gasteiger partial charge in [0.2, 0.25) is 0 Å². The van der Waals surface area contributed by atoms with E-state index in [1.807, 2.05) is 0 Å². The number of hydrogen-bond donors (Lipinski definition) is 0. The number of methoxy groups -OCH3 is 2. The SMILES string of the molecule is COc1cc(CN2CCN3CCC[C@H]3[C@H]2C)c([N+](=O)[O-])cc1OC. The van der Waals surface area contributed by atoms with Gasteiger partial charge >= 0.3 is 0 Å². The molecule has 0 N–H and O–H groups in total. The normalized spacial score (nSPS) is 24.6. The van der Waals surface area contributed by atoms with Crippen LogP contribution in [0.25, 0.3) is 0 Å². The Bertz CT molecular complexity index is 622. The summed E-state index contributed by atoms with van der Waals surface area (Å²) < 4.78 is 10.5. The molecular formula is C17H25N3O4. The molecule has 2 fully saturated rings. The van der Waals surface area contributed by atoms with Crippen molar-refractivity contribution in [1.29, 1.82) is 0 Å². The number of hydrogen-bond acceptors (Lipinski definition) is 6. The molecule has 24 heavy (non-hydrogen) atoms. The van der Waals surface area contributed by atoms with Gasteiger partial charge in [0, 0.05) is 37.3 Å². The molecule has 0 aliphatic carbocycles. The van der Waals surface area contributed by atoms with Crippen LogP contribution in [0.2, 0.25) is 0 Å². The van der Waals surface area contributed by atoms with Crippen LogP contribution in [0.15, 0.2) is 12.1 Å². The number of rotatable bonds is 5. The molecular weight excluding hydrogens is 310 g/mol. The van der Waals surface area contributed by atoms with Crippen molar-refractivity contribution in [2.45, 2.75) is 38.4 Å². The van der Waals surface area contributed by atoms with Crippen molar-refractivity contribution >= 4 is 5.69 Å². The zero-order valence-corrected chi connectivity index (χ0v) is 14.5. The van der Waals surface area contributed by atoms with Gasteiger partial charge in [-0.2, -0.15) is 0 Å². The number of fused-ring (bicyclic) bond motifs is 1. The molecule has 2 saturated heterocycles. The number of benzene rings is 1. The molecule has 1 aromatic rings. The lowest BCUT2D eigenvalue weighted by atomic mass is 10.0. The van der Waals surface area contributed by atoms with Gasteiger partial charge < -0.3 is 9.47 Å². The Morgan fingerprint density at radius 1 is 1.21 bits per heavy atom. The van der Waals surface area contributed by atoms with Gasteiger partial charge in [-0.25, -0.2) is 0 Å². The predicted octanol–water partition coefficient (Wildman–Crippen LogP) is 2.28. The Hall–Kier alpha value is -1.86. The van der Waals surface area contributed by atoms with E-state index in [1.165, 1.54) is 32.6 Å². The van der Waals surface area contributed by atoms with Crippen molar-refractivity contribution in [2.24, 2.45) is 0 Å². The average Bonchev–Trinajstić information content (AvgIpc) is 3.06. The lowest BCUT2D eigenvalue weighted by molar-refractivity contribution is -0.385. The molecule has 0 radical (unpaired) electrons. The van der Waals surface area contributed by atoms with E-state index < -0.39 is 0 Å². The largest absolute Gasteiger partial charge is 0.493 e. The van der Waals surface area contributed by atoms with Crippen molar-refractivity contribution in [1.82, 2.24) is 9.80 Å². The fourth-order valence-electron chi connectivity index (χ4n) is 4.03. The average molecular weight is 335 g/mol. The van der Waals surface area contributed by atoms with Gasteiger partial charge in [-0.3, -0.25) is 19.9 Å². The van der Waals surface area contributed by atoms with E-state index >= 15 is 0 Å². The van der Waals surface area contributed by atoms with E-state index in [1.54, 1.807) is 13.2 Å². The Morgan fingerprint density at radius 3 is 2.58 bits per heavy atom. The van der Waals surface area contributed by atoms with Crippen LogP contribution < -0.4 is 9.47 Å². The van der Waals surface area contributed by atoms with Crippen LogP contribution in [0, 0.1) is 10.1 Å². The highest BCUT2D eigenvalue weighted by Gasteiger charge is 2.37. The zero-order chi connectivity index (χ0) is 17.3. The highest BCUT2D eigenvalue weighted by molar-refractivity contribution is 5.54. The summed E-state index contributed by atoms with van der Waals surface area (Å²) in [5.74, 6) is 0.923. The monoisotopic (exact) mass is 335 g/mol. The van der Waals surface area contributed by atoms with Crippen LogP contribution in [0.1, 0.15) is 25.3 Å². The van der Waals surface area contributed by atoms with Gasteiger partial charge in [0.25, 0.3) is 5.69 Å². The summed E-state index contributed by atoms with van der Waals surface area (Å²) >= 11 is 0. The van der Waals surface area contributed by atoms with E-state index in [4.69, 9.17) is 9.47 Å². The molecule has 7 nitrogen and oxygen atoms in total. The summed E-state index contributed by atoms with van der Waals surface area (Å²) in [5.41, 5.74) is 0.768. The molecule has 2 aliphatic rings. The lowest BCUT2D eigenvalue weighted by Gasteiger charge is -2.43. The standard InChI is InChI=1S/C17H25N3O4/c1-12-14-5-4-6-18(14)7-8-19(12)11-13-9-16(23-2)17(24-3)10-15(13)20(21)22/h9-10,12,14H,4-8,11H2,1-3H3/t12-,14+/m1/s1. The summed E-state index contributed by atoms with van der Waals surface area (Å²) in [7, 11) is 3.04. The summed E-state index contributed by atoms with van der Waals surface area (Å²) in [5, 5.41) is 11.5. The van der Waals surface area contributed by atoms with Crippen LogP contribution in [-0.2, 0) is 6.54 Å². The number of nitrogens with zero attached hydrogens (tertiary/aromatic N) is 3. The van der Waals surface area contributed by atoms with Crippen LogP contribution in [0.3, 0.4) is 0 Å². The molecule has 0 amide bonds. The molecule has 0 bridgehead atoms. The van der Waals surface area contributed by atoms with Crippen LogP contribution in [0.4, 0.5) is 5.69 Å². The van der Waals surface area contributed by atoms with Crippen LogP contribution in [0.5, 0.6) is 11.5 Å². The Morgan fingerprint density at radius 2 is 1.92 bits per heavy atom. The van der Waals surface area contributed by atoms with E-state index in [2.05, 4.69) is 16.7 Å². The van der Waals surface area contributed by atoms with Gasteiger partial charge in [0.1, 0.15) is 0 Å². The lowest BCUT2D eigenvalue weighted by Crippen LogP contribution is -2.55. The summed E-state index contributed by atoms with van der Waals surface area (Å²) in [4.78, 5) is 16.0. The first-order valence-electron chi connectivity index (χ1n) is 8.42. The van der Waals surface area contributed by atoms with Crippen LogP contribution in [-0.4, -0.2) is 60.7 Å². The topological polar surface area (TPSA) is 68.1 Å². The van der Waals surface area contributed by atoms with Gasteiger partial charge in [-0.05, 0) is 32.4 Å². The second-order valence-electron chi connectivity index (χ2n) is 6.55. The fraction of sp³-hybridized carbons (Fsp3) is 0.647. The molecule has 0 saturated carbocycles. The quantitative estimate of drug-likeness (QED) is 0.607. The minimum atomic E-state index is -0.340. The molecule has 0 aromatic heterocycles. The maximum Gasteiger partial charge on any atom is 0.277 e. The summed E-state index contributed by atoms with van der Waals surface area (Å²) in [6, 6.07) is 4.17. The second kappa shape index (κ2) is 6.94. The predicted molar refractivity (Wildman–Crippen MR) is 90.7 cm³/mol. The Balaban J connectivity index is 1.87. The molecule has 0 unspecified atom stereocenters. The zero-order valence-electron chi connectivity index (χ0n) is 14.5. The molecule has 3 rings (SSSR count). The first kappa shape index (κ1) is 17.0. The summed E-state index contributed by atoms with van der Waals surface area (Å²) in [6.45, 7) is 5.94. The first-order chi connectivity index (χ1) is 11.5. The highest BCUT2D eigenvalue weighted by atomic mass is 16.6. The smallest absolute Gasteiger partial charge is 0.277 e. The van der Waals surface area contributed by atoms with E-state index in [0.717, 1.165) is 13.1 Å². The van der Waals surface area contributed by atoms with Crippen LogP contribution >= 0.6 is 0 Å². The van der Waals surface area contributed by atoms with Crippen molar-refractivity contribution in [3.63, 3.8) is 0 Å². The Labute approximate surface area is 142 Å². The first-order valence-corrected chi connectivity index (χ1v) is 8.42. The number of nitro benzene ring substituents is 1. The minimum Gasteiger partial charge on any atom is -0.493 e. The van der Waals surface area contributed by atoms with Crippen molar-refractivity contribution in [3.8, 4) is 11.5 Å². The van der Waals surface area contributed by atoms with Gasteiger partial charge in [0.15, 0.2) is 11.5 Å². The molecule has 0 spiro atoms. The van der Waals surface area contributed by atoms with Gasteiger partial charge in [-0.1, -0.05) is 0 Å². The highest BCUT2D eigenvalue weighted by Crippen LogP contribution is 2.36. The Kier molecular flexibility index (Phi) is 4.91. The van der Waals surface area contributed by atoms with E-state index in [0.29, 0.717) is 35.7 Å². The van der Waals surface area contributed by atoms with Gasteiger partial charge in [0.05, 0.1) is 25.2 Å². The molecule has 132 valence electrons. The number of ether oxygens (including phenoxy) is 2. The third-order valence-electron chi connectivity index (χ3n) is 5.38. The number of nitro groups is 1. The third kappa shape index (κ3) is 3.06. The molecule has 2 atom stereocenters. The fourth-order valence-corrected chi connectivity index (χ4v) is 4.03. The second-order valence-corrected chi connectivity index (χ2v) is 6.55. The maximum absolute atomic E-state index is 11.5. The van der Waals surface area contributed by atoms with Crippen molar-refractivity contribution in [2.75, 3.05) is 33.9 Å². The van der Waals surface area contributed by atoms with Crippen molar-refractivity contribution < 1.29 is 14.4 Å². The van der Waals surface area contributed by atoms with Crippen molar-refractivity contribution in [3.05, 3.63) is 27.8 Å². The molecule has 2 aliphatic heterocycles. The minimum absolute atomic E-state index is 0.0914. The number of piperazine rings is 1. The molecule has 7 heteroatoms. The van der Waals surface area contributed by atoms with Gasteiger partial charge in [-0.15, -0.1) is 0 Å². The van der Waals surface area contributed by atoms with E-state index in [9.17, 15) is 10.1 Å². The molecule has 2 heterocycles. The molecule has 1 aromatic carbocycles. The maximum atomic E-state index is 11.5. The summed E-state index contributed by atoms with van der Waals surface area (Å²) in [6.07, 6.45) is 2.46. The third-order valence-corrected chi connectivity index (χ3v) is 5.38.